The van der Waals surface area contributed by atoms with E-state index in [1.165, 1.54) is 11.3 Å². The molecule has 2 N–H and O–H groups in total. The molecule has 0 saturated carbocycles. The zero-order valence-corrected chi connectivity index (χ0v) is 15.7. The SMILES string of the molecule is CN=C(NCc1ncccc1C)NC1CCN(c2cccc(OC)c2)C1. The fourth-order valence-electron chi connectivity index (χ4n) is 3.18. The first kappa shape index (κ1) is 18.0. The molecule has 1 aromatic heterocycles. The van der Waals surface area contributed by atoms with Crippen molar-refractivity contribution in [3.8, 4) is 5.75 Å². The van der Waals surface area contributed by atoms with Gasteiger partial charge in [-0.15, -0.1) is 0 Å². The van der Waals surface area contributed by atoms with Crippen molar-refractivity contribution in [3.63, 3.8) is 0 Å². The van der Waals surface area contributed by atoms with Gasteiger partial charge in [-0.1, -0.05) is 12.1 Å². The Balaban J connectivity index is 1.54. The van der Waals surface area contributed by atoms with Gasteiger partial charge in [0.25, 0.3) is 0 Å². The normalized spacial score (nSPS) is 17.3. The monoisotopic (exact) mass is 353 g/mol. The minimum absolute atomic E-state index is 0.359. The summed E-state index contributed by atoms with van der Waals surface area (Å²) < 4.78 is 5.33. The Labute approximate surface area is 155 Å². The number of rotatable bonds is 5. The lowest BCUT2D eigenvalue weighted by Crippen LogP contribution is -2.44. The molecule has 26 heavy (non-hydrogen) atoms. The van der Waals surface area contributed by atoms with Gasteiger partial charge in [-0.3, -0.25) is 9.98 Å². The number of ether oxygens (including phenoxy) is 1. The van der Waals surface area contributed by atoms with Crippen LogP contribution in [0.2, 0.25) is 0 Å². The topological polar surface area (TPSA) is 61.8 Å². The van der Waals surface area contributed by atoms with Gasteiger partial charge in [0.1, 0.15) is 5.75 Å². The van der Waals surface area contributed by atoms with E-state index in [0.717, 1.165) is 36.9 Å². The van der Waals surface area contributed by atoms with Crippen LogP contribution in [0.4, 0.5) is 5.69 Å². The second kappa shape index (κ2) is 8.56. The van der Waals surface area contributed by atoms with Crippen molar-refractivity contribution in [3.05, 3.63) is 53.9 Å². The molecule has 1 aromatic carbocycles. The van der Waals surface area contributed by atoms with E-state index in [-0.39, 0.29) is 0 Å². The van der Waals surface area contributed by atoms with Crippen molar-refractivity contribution < 1.29 is 4.74 Å². The highest BCUT2D eigenvalue weighted by molar-refractivity contribution is 5.80. The summed E-state index contributed by atoms with van der Waals surface area (Å²) >= 11 is 0. The Bertz CT molecular complexity index is 761. The molecule has 1 saturated heterocycles. The molecule has 0 spiro atoms. The van der Waals surface area contributed by atoms with Crippen LogP contribution in [-0.2, 0) is 6.54 Å². The second-order valence-corrected chi connectivity index (χ2v) is 6.47. The Morgan fingerprint density at radius 2 is 2.23 bits per heavy atom. The molecule has 1 unspecified atom stereocenters. The molecule has 6 heteroatoms. The minimum atomic E-state index is 0.359. The van der Waals surface area contributed by atoms with Crippen LogP contribution in [-0.4, -0.2) is 44.2 Å². The van der Waals surface area contributed by atoms with Gasteiger partial charge in [-0.2, -0.15) is 0 Å². The summed E-state index contributed by atoms with van der Waals surface area (Å²) in [4.78, 5) is 11.1. The van der Waals surface area contributed by atoms with E-state index in [4.69, 9.17) is 4.74 Å². The van der Waals surface area contributed by atoms with Crippen molar-refractivity contribution in [1.82, 2.24) is 15.6 Å². The number of anilines is 1. The van der Waals surface area contributed by atoms with Gasteiger partial charge in [-0.05, 0) is 37.1 Å². The molecule has 6 nitrogen and oxygen atoms in total. The number of benzene rings is 1. The summed E-state index contributed by atoms with van der Waals surface area (Å²) in [7, 11) is 3.50. The molecule has 0 amide bonds. The zero-order valence-electron chi connectivity index (χ0n) is 15.7. The molecular formula is C20H27N5O. The molecule has 2 aromatic rings. The van der Waals surface area contributed by atoms with E-state index < -0.39 is 0 Å². The van der Waals surface area contributed by atoms with Crippen LogP contribution in [0.5, 0.6) is 5.75 Å². The molecule has 1 atom stereocenters. The zero-order chi connectivity index (χ0) is 18.4. The van der Waals surface area contributed by atoms with Gasteiger partial charge in [0, 0.05) is 44.1 Å². The highest BCUT2D eigenvalue weighted by Gasteiger charge is 2.23. The number of guanidine groups is 1. The van der Waals surface area contributed by atoms with Gasteiger partial charge in [0.05, 0.1) is 19.3 Å². The van der Waals surface area contributed by atoms with E-state index in [2.05, 4.69) is 50.6 Å². The van der Waals surface area contributed by atoms with E-state index in [1.807, 2.05) is 24.4 Å². The number of nitrogens with zero attached hydrogens (tertiary/aromatic N) is 3. The van der Waals surface area contributed by atoms with Crippen LogP contribution in [0.25, 0.3) is 0 Å². The maximum atomic E-state index is 5.33. The Hall–Kier alpha value is -2.76. The highest BCUT2D eigenvalue weighted by Crippen LogP contribution is 2.24. The van der Waals surface area contributed by atoms with Crippen molar-refractivity contribution in [2.24, 2.45) is 4.99 Å². The third-order valence-corrected chi connectivity index (χ3v) is 4.71. The Kier molecular flexibility index (Phi) is 5.94. The lowest BCUT2D eigenvalue weighted by Gasteiger charge is -2.21. The summed E-state index contributed by atoms with van der Waals surface area (Å²) in [6.45, 7) is 4.69. The first-order valence-electron chi connectivity index (χ1n) is 8.96. The lowest BCUT2D eigenvalue weighted by molar-refractivity contribution is 0.415. The number of aromatic nitrogens is 1. The molecular weight excluding hydrogens is 326 g/mol. The van der Waals surface area contributed by atoms with Crippen molar-refractivity contribution >= 4 is 11.6 Å². The van der Waals surface area contributed by atoms with Gasteiger partial charge in [0.2, 0.25) is 0 Å². The second-order valence-electron chi connectivity index (χ2n) is 6.47. The quantitative estimate of drug-likeness (QED) is 0.638. The van der Waals surface area contributed by atoms with Gasteiger partial charge in [0.15, 0.2) is 5.96 Å². The van der Waals surface area contributed by atoms with E-state index in [1.54, 1.807) is 14.2 Å². The van der Waals surface area contributed by atoms with Gasteiger partial charge < -0.3 is 20.3 Å². The summed E-state index contributed by atoms with van der Waals surface area (Å²) in [5, 5.41) is 6.89. The number of aliphatic imine (C=N–C) groups is 1. The third kappa shape index (κ3) is 4.45. The van der Waals surface area contributed by atoms with Crippen molar-refractivity contribution in [2.45, 2.75) is 25.9 Å². The largest absolute Gasteiger partial charge is 0.497 e. The lowest BCUT2D eigenvalue weighted by atomic mass is 10.2. The fourth-order valence-corrected chi connectivity index (χ4v) is 3.18. The number of nitrogens with one attached hydrogen (secondary N) is 2. The van der Waals surface area contributed by atoms with Crippen LogP contribution in [0.3, 0.4) is 0 Å². The minimum Gasteiger partial charge on any atom is -0.497 e. The maximum absolute atomic E-state index is 5.33. The van der Waals surface area contributed by atoms with Crippen LogP contribution in [0, 0.1) is 6.92 Å². The molecule has 2 heterocycles. The average Bonchev–Trinajstić information content (AvgIpc) is 3.15. The summed E-state index contributed by atoms with van der Waals surface area (Å²) in [5.41, 5.74) is 3.42. The maximum Gasteiger partial charge on any atom is 0.191 e. The number of pyridine rings is 1. The Morgan fingerprint density at radius 3 is 3.00 bits per heavy atom. The molecule has 3 rings (SSSR count). The van der Waals surface area contributed by atoms with Crippen molar-refractivity contribution in [1.29, 1.82) is 0 Å². The molecule has 138 valence electrons. The fraction of sp³-hybridized carbons (Fsp3) is 0.400. The molecule has 0 bridgehead atoms. The summed E-state index contributed by atoms with van der Waals surface area (Å²) in [5.74, 6) is 1.70. The number of hydrogen-bond donors (Lipinski definition) is 2. The number of hydrogen-bond acceptors (Lipinski definition) is 4. The number of methoxy groups -OCH3 is 1. The van der Waals surface area contributed by atoms with E-state index in [9.17, 15) is 0 Å². The standard InChI is InChI=1S/C20H27N5O/c1-15-6-5-10-22-19(15)13-23-20(21-2)24-16-9-11-25(14-16)17-7-4-8-18(12-17)26-3/h4-8,10,12,16H,9,11,13-14H2,1-3H3,(H2,21,23,24). The first-order chi connectivity index (χ1) is 12.7. The van der Waals surface area contributed by atoms with Crippen LogP contribution < -0.4 is 20.3 Å². The smallest absolute Gasteiger partial charge is 0.191 e. The van der Waals surface area contributed by atoms with Gasteiger partial charge >= 0.3 is 0 Å². The highest BCUT2D eigenvalue weighted by atomic mass is 16.5. The van der Waals surface area contributed by atoms with E-state index >= 15 is 0 Å². The molecule has 1 aliphatic heterocycles. The number of aryl methyl sites for hydroxylation is 1. The summed E-state index contributed by atoms with van der Waals surface area (Å²) in [6.07, 6.45) is 2.89. The van der Waals surface area contributed by atoms with Crippen molar-refractivity contribution in [2.75, 3.05) is 32.1 Å². The molecule has 1 aliphatic rings. The van der Waals surface area contributed by atoms with Crippen LogP contribution >= 0.6 is 0 Å². The van der Waals surface area contributed by atoms with Crippen LogP contribution in [0.15, 0.2) is 47.6 Å². The molecule has 0 radical (unpaired) electrons. The molecule has 0 aliphatic carbocycles. The van der Waals surface area contributed by atoms with Crippen LogP contribution in [0.1, 0.15) is 17.7 Å². The molecule has 1 fully saturated rings. The van der Waals surface area contributed by atoms with E-state index in [0.29, 0.717) is 12.6 Å². The first-order valence-corrected chi connectivity index (χ1v) is 8.96. The average molecular weight is 353 g/mol. The Morgan fingerprint density at radius 1 is 1.35 bits per heavy atom. The predicted octanol–water partition coefficient (Wildman–Crippen LogP) is 2.34. The third-order valence-electron chi connectivity index (χ3n) is 4.71. The van der Waals surface area contributed by atoms with Gasteiger partial charge in [-0.25, -0.2) is 0 Å². The summed E-state index contributed by atoms with van der Waals surface area (Å²) in [6, 6.07) is 12.6. The predicted molar refractivity (Wildman–Crippen MR) is 106 cm³/mol.